The predicted octanol–water partition coefficient (Wildman–Crippen LogP) is 3.16. The molecule has 0 spiro atoms. The number of hydrogen-bond acceptors (Lipinski definition) is 5. The lowest BCUT2D eigenvalue weighted by Crippen LogP contribution is -2.51. The second kappa shape index (κ2) is 7.62. The van der Waals surface area contributed by atoms with Crippen LogP contribution >= 0.6 is 23.1 Å². The second-order valence-corrected chi connectivity index (χ2v) is 7.50. The van der Waals surface area contributed by atoms with Crippen LogP contribution in [0.3, 0.4) is 0 Å². The molecule has 1 aliphatic carbocycles. The molecule has 1 fully saturated rings. The van der Waals surface area contributed by atoms with Crippen LogP contribution in [0.4, 0.5) is 0 Å². The minimum absolute atomic E-state index is 0.0144. The third-order valence-electron chi connectivity index (χ3n) is 4.07. The molecule has 0 bridgehead atoms. The molecule has 0 aromatic carbocycles. The number of nitrogens with one attached hydrogen (secondary N) is 1. The van der Waals surface area contributed by atoms with Crippen molar-refractivity contribution in [2.24, 2.45) is 5.92 Å². The molecular formula is C14H24N2OS2. The van der Waals surface area contributed by atoms with Crippen molar-refractivity contribution in [1.82, 2.24) is 10.3 Å². The molecule has 0 amide bonds. The first-order valence-electron chi connectivity index (χ1n) is 7.19. The number of thioether (sulfide) groups is 1. The Balaban J connectivity index is 1.83. The van der Waals surface area contributed by atoms with E-state index in [0.717, 1.165) is 29.5 Å². The van der Waals surface area contributed by atoms with Crippen LogP contribution in [-0.4, -0.2) is 34.5 Å². The Morgan fingerprint density at radius 1 is 1.63 bits per heavy atom. The highest BCUT2D eigenvalue weighted by atomic mass is 32.2. The Morgan fingerprint density at radius 2 is 2.53 bits per heavy atom. The van der Waals surface area contributed by atoms with Crippen LogP contribution in [0.25, 0.3) is 0 Å². The smallest absolute Gasteiger partial charge is 0.149 e. The highest BCUT2D eigenvalue weighted by Crippen LogP contribution is 2.39. The van der Waals surface area contributed by atoms with Gasteiger partial charge in [-0.2, -0.15) is 0 Å². The summed E-state index contributed by atoms with van der Waals surface area (Å²) in [4.78, 5) is 4.30. The van der Waals surface area contributed by atoms with E-state index in [1.54, 1.807) is 11.3 Å². The number of nitrogens with zero attached hydrogens (tertiary/aromatic N) is 1. The molecule has 5 heteroatoms. The molecule has 2 unspecified atom stereocenters. The maximum atomic E-state index is 9.82. The highest BCUT2D eigenvalue weighted by molar-refractivity contribution is 8.00. The van der Waals surface area contributed by atoms with Crippen molar-refractivity contribution in [1.29, 1.82) is 0 Å². The van der Waals surface area contributed by atoms with Crippen LogP contribution in [0, 0.1) is 5.92 Å². The summed E-state index contributed by atoms with van der Waals surface area (Å²) in [5.41, 5.74) is -0.0144. The molecule has 1 saturated carbocycles. The van der Waals surface area contributed by atoms with Crippen LogP contribution in [0.5, 0.6) is 0 Å². The summed E-state index contributed by atoms with van der Waals surface area (Å²) in [6.45, 7) is 3.47. The van der Waals surface area contributed by atoms with Gasteiger partial charge in [0.1, 0.15) is 4.34 Å². The molecule has 2 atom stereocenters. The summed E-state index contributed by atoms with van der Waals surface area (Å²) in [5.74, 6) is 1.71. The van der Waals surface area contributed by atoms with E-state index in [1.165, 1.54) is 19.3 Å². The zero-order valence-corrected chi connectivity index (χ0v) is 13.2. The third kappa shape index (κ3) is 3.94. The molecule has 1 heterocycles. The Labute approximate surface area is 124 Å². The van der Waals surface area contributed by atoms with E-state index in [2.05, 4.69) is 17.2 Å². The Kier molecular flexibility index (Phi) is 6.13. The fourth-order valence-electron chi connectivity index (χ4n) is 3.01. The van der Waals surface area contributed by atoms with E-state index in [0.29, 0.717) is 5.92 Å². The number of hydrogen-bond donors (Lipinski definition) is 2. The first-order valence-corrected chi connectivity index (χ1v) is 9.05. The first-order chi connectivity index (χ1) is 9.30. The number of rotatable bonds is 8. The normalized spacial score (nSPS) is 26.9. The standard InChI is InChI=1S/C14H24N2OS2/c1-2-7-16-14(11-17)6-3-4-12(14)5-9-18-13-15-8-10-19-13/h8,10,12,16-17H,2-7,9,11H2,1H3. The van der Waals surface area contributed by atoms with Gasteiger partial charge < -0.3 is 10.4 Å². The zero-order chi connectivity index (χ0) is 13.6. The van der Waals surface area contributed by atoms with Crippen LogP contribution in [0.2, 0.25) is 0 Å². The summed E-state index contributed by atoms with van der Waals surface area (Å²) in [5, 5.41) is 15.5. The summed E-state index contributed by atoms with van der Waals surface area (Å²) in [6, 6.07) is 0. The summed E-state index contributed by atoms with van der Waals surface area (Å²) >= 11 is 3.56. The maximum Gasteiger partial charge on any atom is 0.149 e. The Bertz CT molecular complexity index is 358. The first kappa shape index (κ1) is 15.3. The molecule has 2 N–H and O–H groups in total. The molecule has 1 aromatic heterocycles. The fraction of sp³-hybridized carbons (Fsp3) is 0.786. The lowest BCUT2D eigenvalue weighted by atomic mass is 9.85. The van der Waals surface area contributed by atoms with Crippen LogP contribution in [0.15, 0.2) is 15.9 Å². The molecule has 2 rings (SSSR count). The van der Waals surface area contributed by atoms with Gasteiger partial charge in [-0.25, -0.2) is 4.98 Å². The van der Waals surface area contributed by atoms with Crippen molar-refractivity contribution in [2.45, 2.75) is 48.9 Å². The van der Waals surface area contributed by atoms with Gasteiger partial charge in [-0.15, -0.1) is 11.3 Å². The number of aromatic nitrogens is 1. The van der Waals surface area contributed by atoms with E-state index in [1.807, 2.05) is 23.3 Å². The fourth-order valence-corrected chi connectivity index (χ4v) is 4.77. The van der Waals surface area contributed by atoms with Crippen LogP contribution in [0.1, 0.15) is 39.0 Å². The number of thiazole rings is 1. The lowest BCUT2D eigenvalue weighted by molar-refractivity contribution is 0.122. The molecule has 19 heavy (non-hydrogen) atoms. The molecular weight excluding hydrogens is 276 g/mol. The van der Waals surface area contributed by atoms with E-state index < -0.39 is 0 Å². The van der Waals surface area contributed by atoms with Gasteiger partial charge in [-0.3, -0.25) is 0 Å². The van der Waals surface area contributed by atoms with Gasteiger partial charge in [0.2, 0.25) is 0 Å². The van der Waals surface area contributed by atoms with Gasteiger partial charge in [-0.05, 0) is 38.1 Å². The van der Waals surface area contributed by atoms with Crippen molar-refractivity contribution >= 4 is 23.1 Å². The molecule has 0 aliphatic heterocycles. The molecule has 0 radical (unpaired) electrons. The lowest BCUT2D eigenvalue weighted by Gasteiger charge is -2.35. The number of aliphatic hydroxyl groups is 1. The van der Waals surface area contributed by atoms with Gasteiger partial charge >= 0.3 is 0 Å². The van der Waals surface area contributed by atoms with Crippen molar-refractivity contribution in [3.8, 4) is 0 Å². The Morgan fingerprint density at radius 3 is 3.21 bits per heavy atom. The molecule has 3 nitrogen and oxygen atoms in total. The topological polar surface area (TPSA) is 45.1 Å². The van der Waals surface area contributed by atoms with Crippen molar-refractivity contribution in [2.75, 3.05) is 18.9 Å². The van der Waals surface area contributed by atoms with Crippen molar-refractivity contribution in [3.05, 3.63) is 11.6 Å². The largest absolute Gasteiger partial charge is 0.394 e. The van der Waals surface area contributed by atoms with Crippen LogP contribution in [-0.2, 0) is 0 Å². The second-order valence-electron chi connectivity index (χ2n) is 5.27. The van der Waals surface area contributed by atoms with Gasteiger partial charge in [0, 0.05) is 22.9 Å². The van der Waals surface area contributed by atoms with Crippen LogP contribution < -0.4 is 5.32 Å². The quantitative estimate of drug-likeness (QED) is 0.724. The van der Waals surface area contributed by atoms with Gasteiger partial charge in [0.15, 0.2) is 0 Å². The molecule has 1 aliphatic rings. The van der Waals surface area contributed by atoms with E-state index in [9.17, 15) is 5.11 Å². The summed E-state index contributed by atoms with van der Waals surface area (Å²) in [7, 11) is 0. The molecule has 0 saturated heterocycles. The SMILES string of the molecule is CCCNC1(CO)CCCC1CCSc1nccs1. The third-order valence-corrected chi connectivity index (χ3v) is 6.07. The number of aliphatic hydroxyl groups excluding tert-OH is 1. The summed E-state index contributed by atoms with van der Waals surface area (Å²) in [6.07, 6.45) is 7.77. The minimum atomic E-state index is -0.0144. The van der Waals surface area contributed by atoms with E-state index in [4.69, 9.17) is 0 Å². The van der Waals surface area contributed by atoms with E-state index in [-0.39, 0.29) is 12.1 Å². The molecule has 108 valence electrons. The van der Waals surface area contributed by atoms with Crippen molar-refractivity contribution < 1.29 is 5.11 Å². The highest BCUT2D eigenvalue weighted by Gasteiger charge is 2.41. The monoisotopic (exact) mass is 300 g/mol. The minimum Gasteiger partial charge on any atom is -0.394 e. The average molecular weight is 300 g/mol. The van der Waals surface area contributed by atoms with Crippen molar-refractivity contribution in [3.63, 3.8) is 0 Å². The Hall–Kier alpha value is -0.100. The zero-order valence-electron chi connectivity index (χ0n) is 11.6. The predicted molar refractivity (Wildman–Crippen MR) is 82.9 cm³/mol. The summed E-state index contributed by atoms with van der Waals surface area (Å²) < 4.78 is 1.16. The van der Waals surface area contributed by atoms with Gasteiger partial charge in [0.05, 0.1) is 6.61 Å². The van der Waals surface area contributed by atoms with E-state index >= 15 is 0 Å². The van der Waals surface area contributed by atoms with Gasteiger partial charge in [-0.1, -0.05) is 25.1 Å². The molecule has 1 aromatic rings. The van der Waals surface area contributed by atoms with Gasteiger partial charge in [0.25, 0.3) is 0 Å². The maximum absolute atomic E-state index is 9.82. The average Bonchev–Trinajstić information content (AvgIpc) is 3.07.